The Hall–Kier alpha value is -2.75. The van der Waals surface area contributed by atoms with Crippen molar-refractivity contribution in [3.8, 4) is 0 Å². The second-order valence-electron chi connectivity index (χ2n) is 8.47. The molecule has 1 unspecified atom stereocenters. The van der Waals surface area contributed by atoms with Crippen molar-refractivity contribution in [2.24, 2.45) is 17.6 Å². The average Bonchev–Trinajstić information content (AvgIpc) is 3.25. The number of nitrogens with two attached hydrogens (primary N) is 1. The summed E-state index contributed by atoms with van der Waals surface area (Å²) in [5.74, 6) is -0.0195. The number of nitrogens with zero attached hydrogens (tertiary/aromatic N) is 5. The lowest BCUT2D eigenvalue weighted by Crippen LogP contribution is -2.44. The predicted molar refractivity (Wildman–Crippen MR) is 112 cm³/mol. The number of carbonyl (C=O) groups excluding carboxylic acids is 2. The van der Waals surface area contributed by atoms with Crippen molar-refractivity contribution in [1.82, 2.24) is 24.1 Å². The molecule has 1 fully saturated rings. The first kappa shape index (κ1) is 19.2. The van der Waals surface area contributed by atoms with Crippen molar-refractivity contribution in [3.05, 3.63) is 27.3 Å². The topological polar surface area (TPSA) is 116 Å². The first-order chi connectivity index (χ1) is 14.4. The van der Waals surface area contributed by atoms with Crippen LogP contribution in [0.2, 0.25) is 0 Å². The van der Waals surface area contributed by atoms with Crippen LogP contribution in [0.25, 0.3) is 15.9 Å². The number of hydrogen-bond donors (Lipinski definition) is 1. The summed E-state index contributed by atoms with van der Waals surface area (Å²) in [7, 11) is 0. The standard InChI is InChI=1S/C20H24N6O3S/c1-11-2-3-13-14(8-11)30-19-16(13)18-23-26(20(29)25(18)10-22-19)9-15(27)24-6-4-12(5-7-24)17(21)28/h10-12H,2-9H2,1H3,(H2,21,28). The molecule has 9 nitrogen and oxygen atoms in total. The number of piperidine rings is 1. The fourth-order valence-electron chi connectivity index (χ4n) is 4.61. The molecule has 10 heteroatoms. The minimum absolute atomic E-state index is 0.118. The number of rotatable bonds is 3. The smallest absolute Gasteiger partial charge is 0.352 e. The summed E-state index contributed by atoms with van der Waals surface area (Å²) in [5, 5.41) is 5.48. The molecule has 30 heavy (non-hydrogen) atoms. The Morgan fingerprint density at radius 1 is 1.27 bits per heavy atom. The van der Waals surface area contributed by atoms with E-state index in [1.807, 2.05) is 0 Å². The number of fused-ring (bicyclic) bond motifs is 5. The fourth-order valence-corrected chi connectivity index (χ4v) is 5.95. The summed E-state index contributed by atoms with van der Waals surface area (Å²) in [5.41, 5.74) is 6.84. The molecule has 1 atom stereocenters. The summed E-state index contributed by atoms with van der Waals surface area (Å²) in [6.07, 6.45) is 5.75. The molecule has 158 valence electrons. The number of carbonyl (C=O) groups is 2. The van der Waals surface area contributed by atoms with Gasteiger partial charge in [-0.05, 0) is 43.6 Å². The Labute approximate surface area is 176 Å². The molecule has 2 N–H and O–H groups in total. The maximum Gasteiger partial charge on any atom is 0.352 e. The van der Waals surface area contributed by atoms with E-state index in [0.29, 0.717) is 37.5 Å². The molecule has 0 spiro atoms. The van der Waals surface area contributed by atoms with E-state index in [-0.39, 0.29) is 30.0 Å². The zero-order valence-electron chi connectivity index (χ0n) is 16.8. The van der Waals surface area contributed by atoms with Gasteiger partial charge in [0.2, 0.25) is 11.8 Å². The van der Waals surface area contributed by atoms with E-state index in [4.69, 9.17) is 5.73 Å². The summed E-state index contributed by atoms with van der Waals surface area (Å²) in [6.45, 7) is 3.08. The normalized spacial score (nSPS) is 20.0. The van der Waals surface area contributed by atoms with Crippen LogP contribution in [0, 0.1) is 11.8 Å². The van der Waals surface area contributed by atoms with Gasteiger partial charge in [0.15, 0.2) is 5.65 Å². The third-order valence-electron chi connectivity index (χ3n) is 6.41. The number of likely N-dealkylation sites (tertiary alicyclic amines) is 1. The Bertz CT molecular complexity index is 1220. The first-order valence-electron chi connectivity index (χ1n) is 10.4. The highest BCUT2D eigenvalue weighted by Crippen LogP contribution is 2.38. The van der Waals surface area contributed by atoms with E-state index < -0.39 is 0 Å². The van der Waals surface area contributed by atoms with Crippen LogP contribution in [-0.2, 0) is 29.0 Å². The molecule has 1 aliphatic carbocycles. The zero-order chi connectivity index (χ0) is 21.0. The van der Waals surface area contributed by atoms with Gasteiger partial charge in [0.05, 0.1) is 5.39 Å². The average molecular weight is 429 g/mol. The summed E-state index contributed by atoms with van der Waals surface area (Å²) < 4.78 is 2.68. The van der Waals surface area contributed by atoms with E-state index in [1.54, 1.807) is 16.2 Å². The molecule has 5 rings (SSSR count). The Balaban J connectivity index is 1.45. The molecule has 0 aromatic carbocycles. The Morgan fingerprint density at radius 3 is 2.77 bits per heavy atom. The van der Waals surface area contributed by atoms with Crippen molar-refractivity contribution in [2.75, 3.05) is 13.1 Å². The minimum atomic E-state index is -0.358. The second-order valence-corrected chi connectivity index (χ2v) is 9.55. The largest absolute Gasteiger partial charge is 0.369 e. The van der Waals surface area contributed by atoms with Gasteiger partial charge in [-0.1, -0.05) is 6.92 Å². The van der Waals surface area contributed by atoms with Crippen molar-refractivity contribution in [3.63, 3.8) is 0 Å². The fraction of sp³-hybridized carbons (Fsp3) is 0.550. The predicted octanol–water partition coefficient (Wildman–Crippen LogP) is 0.954. The van der Waals surface area contributed by atoms with Crippen LogP contribution in [-0.4, -0.2) is 49.0 Å². The van der Waals surface area contributed by atoms with Gasteiger partial charge < -0.3 is 10.6 Å². The molecular formula is C20H24N6O3S. The molecule has 3 aromatic rings. The van der Waals surface area contributed by atoms with E-state index in [0.717, 1.165) is 29.5 Å². The minimum Gasteiger partial charge on any atom is -0.369 e. The molecule has 4 heterocycles. The van der Waals surface area contributed by atoms with Gasteiger partial charge >= 0.3 is 5.69 Å². The van der Waals surface area contributed by atoms with Crippen LogP contribution in [0.4, 0.5) is 0 Å². The first-order valence-corrected chi connectivity index (χ1v) is 11.2. The van der Waals surface area contributed by atoms with Gasteiger partial charge in [0.25, 0.3) is 0 Å². The van der Waals surface area contributed by atoms with Gasteiger partial charge in [-0.15, -0.1) is 16.4 Å². The lowest BCUT2D eigenvalue weighted by atomic mass is 9.89. The number of aromatic nitrogens is 4. The van der Waals surface area contributed by atoms with Crippen molar-refractivity contribution < 1.29 is 9.59 Å². The molecule has 2 aliphatic rings. The Morgan fingerprint density at radius 2 is 2.03 bits per heavy atom. The van der Waals surface area contributed by atoms with E-state index >= 15 is 0 Å². The van der Waals surface area contributed by atoms with Crippen LogP contribution in [0.5, 0.6) is 0 Å². The molecule has 0 radical (unpaired) electrons. The van der Waals surface area contributed by atoms with Crippen molar-refractivity contribution in [2.45, 2.75) is 45.6 Å². The van der Waals surface area contributed by atoms with Gasteiger partial charge in [0.1, 0.15) is 17.7 Å². The molecular weight excluding hydrogens is 404 g/mol. The van der Waals surface area contributed by atoms with Gasteiger partial charge in [-0.25, -0.2) is 18.9 Å². The lowest BCUT2D eigenvalue weighted by Gasteiger charge is -2.30. The molecule has 0 bridgehead atoms. The Kier molecular flexibility index (Phi) is 4.61. The third kappa shape index (κ3) is 3.10. The molecule has 2 amide bonds. The summed E-state index contributed by atoms with van der Waals surface area (Å²) in [6, 6.07) is 0. The lowest BCUT2D eigenvalue weighted by molar-refractivity contribution is -0.135. The highest BCUT2D eigenvalue weighted by molar-refractivity contribution is 7.19. The van der Waals surface area contributed by atoms with Crippen LogP contribution in [0.3, 0.4) is 0 Å². The summed E-state index contributed by atoms with van der Waals surface area (Å²) in [4.78, 5) is 45.3. The summed E-state index contributed by atoms with van der Waals surface area (Å²) >= 11 is 1.68. The zero-order valence-corrected chi connectivity index (χ0v) is 17.7. The van der Waals surface area contributed by atoms with Crippen molar-refractivity contribution in [1.29, 1.82) is 0 Å². The van der Waals surface area contributed by atoms with Crippen LogP contribution < -0.4 is 11.4 Å². The van der Waals surface area contributed by atoms with Crippen LogP contribution in [0.15, 0.2) is 11.1 Å². The third-order valence-corrected chi connectivity index (χ3v) is 7.58. The molecule has 1 aliphatic heterocycles. The quantitative estimate of drug-likeness (QED) is 0.667. The van der Waals surface area contributed by atoms with Crippen molar-refractivity contribution >= 4 is 39.0 Å². The molecule has 0 saturated carbocycles. The number of amides is 2. The van der Waals surface area contributed by atoms with Gasteiger partial charge in [-0.3, -0.25) is 9.59 Å². The monoisotopic (exact) mass is 428 g/mol. The highest BCUT2D eigenvalue weighted by atomic mass is 32.1. The SMILES string of the molecule is CC1CCc2c(sc3ncn4c(=O)n(CC(=O)N5CCC(C(N)=O)CC5)nc4c23)C1. The number of primary amides is 1. The van der Waals surface area contributed by atoms with Crippen LogP contribution in [0.1, 0.15) is 36.6 Å². The number of thiophene rings is 1. The van der Waals surface area contributed by atoms with Crippen LogP contribution >= 0.6 is 11.3 Å². The number of hydrogen-bond acceptors (Lipinski definition) is 6. The molecule has 3 aromatic heterocycles. The molecule has 1 saturated heterocycles. The second kappa shape index (κ2) is 7.19. The van der Waals surface area contributed by atoms with E-state index in [9.17, 15) is 14.4 Å². The number of aryl methyl sites for hydroxylation is 1. The van der Waals surface area contributed by atoms with E-state index in [2.05, 4.69) is 17.0 Å². The van der Waals surface area contributed by atoms with Gasteiger partial charge in [0, 0.05) is 23.9 Å². The maximum absolute atomic E-state index is 12.9. The maximum atomic E-state index is 12.9. The van der Waals surface area contributed by atoms with E-state index in [1.165, 1.54) is 25.9 Å². The highest BCUT2D eigenvalue weighted by Gasteiger charge is 2.28. The van der Waals surface area contributed by atoms with Gasteiger partial charge in [-0.2, -0.15) is 0 Å².